The molecule has 0 unspecified atom stereocenters. The molecule has 0 bridgehead atoms. The largest absolute Gasteiger partial charge is 0.340 e. The number of aromatic amines is 1. The molecule has 2 N–H and O–H groups in total. The molecule has 0 fully saturated rings. The number of fused-ring (bicyclic) bond motifs is 1. The highest BCUT2D eigenvalue weighted by Gasteiger charge is 2.02. The molecule has 2 heterocycles. The zero-order valence-corrected chi connectivity index (χ0v) is 8.78. The molecule has 0 saturated heterocycles. The number of rotatable bonds is 2. The molecule has 0 spiro atoms. The highest BCUT2D eigenvalue weighted by atomic mass is 15.1. The summed E-state index contributed by atoms with van der Waals surface area (Å²) in [5, 5.41) is 7.58. The van der Waals surface area contributed by atoms with E-state index in [-0.39, 0.29) is 5.49 Å². The van der Waals surface area contributed by atoms with Gasteiger partial charge in [0.25, 0.3) is 0 Å². The summed E-state index contributed by atoms with van der Waals surface area (Å²) in [5.74, 6) is 0. The maximum absolute atomic E-state index is 7.58. The van der Waals surface area contributed by atoms with Crippen LogP contribution < -0.4 is 5.49 Å². The van der Waals surface area contributed by atoms with Gasteiger partial charge in [0.15, 0.2) is 11.1 Å². The molecule has 0 atom stereocenters. The van der Waals surface area contributed by atoms with E-state index in [0.29, 0.717) is 5.52 Å². The molecule has 5 heteroatoms. The van der Waals surface area contributed by atoms with Crippen molar-refractivity contribution in [2.75, 3.05) is 0 Å². The summed E-state index contributed by atoms with van der Waals surface area (Å²) in [7, 11) is 0. The van der Waals surface area contributed by atoms with Crippen molar-refractivity contribution in [2.45, 2.75) is 20.4 Å². The van der Waals surface area contributed by atoms with E-state index in [1.807, 2.05) is 4.57 Å². The molecule has 2 aromatic heterocycles. The smallest absolute Gasteiger partial charge is 0.173 e. The second kappa shape index (κ2) is 3.68. The normalized spacial score (nSPS) is 10.5. The van der Waals surface area contributed by atoms with Gasteiger partial charge in [-0.05, 0) is 13.8 Å². The Morgan fingerprint density at radius 1 is 1.53 bits per heavy atom. The number of imidazole rings is 1. The molecule has 2 aromatic rings. The summed E-state index contributed by atoms with van der Waals surface area (Å²) < 4.78 is 1.91. The van der Waals surface area contributed by atoms with Gasteiger partial charge in [0.05, 0.1) is 12.7 Å². The van der Waals surface area contributed by atoms with Crippen LogP contribution in [-0.2, 0) is 6.54 Å². The summed E-state index contributed by atoms with van der Waals surface area (Å²) in [6.07, 6.45) is 5.33. The summed E-state index contributed by atoms with van der Waals surface area (Å²) in [5.41, 5.74) is 2.93. The van der Waals surface area contributed by atoms with Gasteiger partial charge in [0, 0.05) is 6.54 Å². The minimum atomic E-state index is 0.232. The van der Waals surface area contributed by atoms with Gasteiger partial charge < -0.3 is 9.55 Å². The van der Waals surface area contributed by atoms with E-state index in [1.165, 1.54) is 5.57 Å². The fraction of sp³-hybridized carbons (Fsp3) is 0.300. The molecule has 0 saturated carbocycles. The predicted molar refractivity (Wildman–Crippen MR) is 57.2 cm³/mol. The predicted octanol–water partition coefficient (Wildman–Crippen LogP) is 1.21. The zero-order valence-electron chi connectivity index (χ0n) is 8.78. The fourth-order valence-corrected chi connectivity index (χ4v) is 1.34. The lowest BCUT2D eigenvalue weighted by atomic mass is 10.3. The Hall–Kier alpha value is -1.91. The van der Waals surface area contributed by atoms with Crippen LogP contribution in [0.15, 0.2) is 24.3 Å². The van der Waals surface area contributed by atoms with Crippen molar-refractivity contribution in [2.24, 2.45) is 0 Å². The van der Waals surface area contributed by atoms with Gasteiger partial charge in [0.2, 0.25) is 0 Å². The quantitative estimate of drug-likeness (QED) is 0.720. The van der Waals surface area contributed by atoms with Crippen molar-refractivity contribution in [3.8, 4) is 0 Å². The first kappa shape index (κ1) is 9.64. The van der Waals surface area contributed by atoms with E-state index in [2.05, 4.69) is 34.9 Å². The summed E-state index contributed by atoms with van der Waals surface area (Å²) in [6, 6.07) is 0. The zero-order chi connectivity index (χ0) is 10.8. The fourth-order valence-electron chi connectivity index (χ4n) is 1.34. The van der Waals surface area contributed by atoms with Crippen LogP contribution in [0.1, 0.15) is 13.8 Å². The van der Waals surface area contributed by atoms with Crippen LogP contribution >= 0.6 is 0 Å². The third kappa shape index (κ3) is 1.81. The first-order chi connectivity index (χ1) is 7.18. The summed E-state index contributed by atoms with van der Waals surface area (Å²) >= 11 is 0. The molecular weight excluding hydrogens is 190 g/mol. The highest BCUT2D eigenvalue weighted by molar-refractivity contribution is 5.68. The van der Waals surface area contributed by atoms with Crippen LogP contribution in [0.2, 0.25) is 0 Å². The number of hydrogen-bond donors (Lipinski definition) is 2. The van der Waals surface area contributed by atoms with Gasteiger partial charge in [0.1, 0.15) is 5.52 Å². The van der Waals surface area contributed by atoms with Crippen LogP contribution in [0, 0.1) is 5.41 Å². The average molecular weight is 203 g/mol. The van der Waals surface area contributed by atoms with Crippen LogP contribution in [0.25, 0.3) is 11.2 Å². The van der Waals surface area contributed by atoms with Crippen LogP contribution in [-0.4, -0.2) is 19.5 Å². The van der Waals surface area contributed by atoms with Gasteiger partial charge in [-0.2, -0.15) is 0 Å². The van der Waals surface area contributed by atoms with Gasteiger partial charge in [-0.1, -0.05) is 11.6 Å². The Morgan fingerprint density at radius 2 is 2.33 bits per heavy atom. The third-order valence-electron chi connectivity index (χ3n) is 2.15. The number of aromatic nitrogens is 4. The second-order valence-corrected chi connectivity index (χ2v) is 3.63. The Morgan fingerprint density at radius 3 is 3.07 bits per heavy atom. The van der Waals surface area contributed by atoms with Crippen LogP contribution in [0.3, 0.4) is 0 Å². The van der Waals surface area contributed by atoms with Crippen molar-refractivity contribution in [1.29, 1.82) is 5.41 Å². The lowest BCUT2D eigenvalue weighted by molar-refractivity contribution is 0.798. The molecule has 0 aromatic carbocycles. The Labute approximate surface area is 87.0 Å². The van der Waals surface area contributed by atoms with Gasteiger partial charge in [-0.25, -0.2) is 9.97 Å². The first-order valence-electron chi connectivity index (χ1n) is 4.75. The van der Waals surface area contributed by atoms with E-state index < -0.39 is 0 Å². The maximum Gasteiger partial charge on any atom is 0.173 e. The van der Waals surface area contributed by atoms with Crippen molar-refractivity contribution >= 4 is 11.2 Å². The van der Waals surface area contributed by atoms with E-state index in [9.17, 15) is 0 Å². The molecule has 0 radical (unpaired) electrons. The number of nitrogens with one attached hydrogen (secondary N) is 2. The second-order valence-electron chi connectivity index (χ2n) is 3.63. The third-order valence-corrected chi connectivity index (χ3v) is 2.15. The minimum Gasteiger partial charge on any atom is -0.340 e. The number of allylic oxidation sites excluding steroid dienone is 2. The molecule has 2 rings (SSSR count). The van der Waals surface area contributed by atoms with Crippen molar-refractivity contribution in [1.82, 2.24) is 19.5 Å². The molecule has 0 amide bonds. The summed E-state index contributed by atoms with van der Waals surface area (Å²) in [6.45, 7) is 4.83. The molecule has 0 aliphatic heterocycles. The van der Waals surface area contributed by atoms with Gasteiger partial charge >= 0.3 is 0 Å². The highest BCUT2D eigenvalue weighted by Crippen LogP contribution is 2.03. The number of hydrogen-bond acceptors (Lipinski definition) is 3. The summed E-state index contributed by atoms with van der Waals surface area (Å²) in [4.78, 5) is 11.1. The minimum absolute atomic E-state index is 0.232. The molecular formula is C10H13N5. The van der Waals surface area contributed by atoms with E-state index >= 15 is 0 Å². The maximum atomic E-state index is 7.58. The lowest BCUT2D eigenvalue weighted by Crippen LogP contribution is -2.12. The molecule has 5 nitrogen and oxygen atoms in total. The molecule has 0 aliphatic rings. The van der Waals surface area contributed by atoms with E-state index in [0.717, 1.165) is 12.2 Å². The number of H-pyrrole nitrogens is 1. The molecule has 0 aliphatic carbocycles. The van der Waals surface area contributed by atoms with Gasteiger partial charge in [-0.3, -0.25) is 5.41 Å². The number of nitrogens with zero attached hydrogens (tertiary/aromatic N) is 3. The Kier molecular flexibility index (Phi) is 2.37. The van der Waals surface area contributed by atoms with E-state index in [1.54, 1.807) is 12.7 Å². The Bertz CT molecular complexity index is 556. The molecule has 15 heavy (non-hydrogen) atoms. The lowest BCUT2D eigenvalue weighted by Gasteiger charge is -2.03. The first-order valence-corrected chi connectivity index (χ1v) is 4.75. The Balaban J connectivity index is 2.53. The molecule has 78 valence electrons. The van der Waals surface area contributed by atoms with Crippen molar-refractivity contribution < 1.29 is 0 Å². The standard InChI is InChI=1S/C10H13N5/c1-7(2)3-4-15-6-14-9(11)8-10(15)13-5-12-8/h3,5-6,11H,4H2,1-2H3,(H,12,13). The topological polar surface area (TPSA) is 70.3 Å². The van der Waals surface area contributed by atoms with Gasteiger partial charge in [-0.15, -0.1) is 0 Å². The van der Waals surface area contributed by atoms with E-state index in [4.69, 9.17) is 5.41 Å². The average Bonchev–Trinajstić information content (AvgIpc) is 2.66. The van der Waals surface area contributed by atoms with Crippen molar-refractivity contribution in [3.05, 3.63) is 29.8 Å². The SMILES string of the molecule is CC(C)=CCn1cnc(=N)c2[nH]cnc21. The van der Waals surface area contributed by atoms with Crippen molar-refractivity contribution in [3.63, 3.8) is 0 Å². The van der Waals surface area contributed by atoms with Crippen LogP contribution in [0.4, 0.5) is 0 Å². The van der Waals surface area contributed by atoms with Crippen LogP contribution in [0.5, 0.6) is 0 Å². The monoisotopic (exact) mass is 203 g/mol.